The van der Waals surface area contributed by atoms with Crippen molar-refractivity contribution in [3.05, 3.63) is 0 Å². The normalized spacial score (nSPS) is 12.7. The Bertz CT molecular complexity index is 447. The van der Waals surface area contributed by atoms with Gasteiger partial charge in [-0.25, -0.2) is 9.59 Å². The van der Waals surface area contributed by atoms with Crippen molar-refractivity contribution in [2.24, 2.45) is 0 Å². The van der Waals surface area contributed by atoms with Gasteiger partial charge >= 0.3 is 12.1 Å². The van der Waals surface area contributed by atoms with E-state index in [1.807, 2.05) is 0 Å². The fourth-order valence-corrected chi connectivity index (χ4v) is 4.65. The Morgan fingerprint density at radius 2 is 1.65 bits per heavy atom. The highest BCUT2D eigenvalue weighted by Gasteiger charge is 2.26. The second kappa shape index (κ2) is 9.61. The van der Waals surface area contributed by atoms with Gasteiger partial charge in [-0.1, -0.05) is 20.8 Å². The van der Waals surface area contributed by atoms with Gasteiger partial charge in [-0.15, -0.1) is 11.5 Å². The molecule has 0 saturated heterocycles. The largest absolute Gasteiger partial charge is 0.467 e. The molecule has 0 fully saturated rings. The number of amides is 1. The van der Waals surface area contributed by atoms with E-state index in [0.29, 0.717) is 0 Å². The molecule has 0 aliphatic heterocycles. The average molecular weight is 342 g/mol. The average Bonchev–Trinajstić information content (AvgIpc) is 2.48. The molecule has 23 heavy (non-hydrogen) atoms. The standard InChI is InChI=1S/C17H31NO4Si/c1-8-23(9-2,10-3)13-11-12-14(15(19)21-7)18-16(20)22-17(4,5)6/h14H,8-10,12H2,1-7H3,(H,18,20)/t14-/m0/s1. The van der Waals surface area contributed by atoms with Crippen molar-refractivity contribution < 1.29 is 19.1 Å². The second-order valence-corrected chi connectivity index (χ2v) is 11.5. The summed E-state index contributed by atoms with van der Waals surface area (Å²) in [5.41, 5.74) is 2.78. The third-order valence-electron chi connectivity index (χ3n) is 3.87. The van der Waals surface area contributed by atoms with Gasteiger partial charge in [0.2, 0.25) is 0 Å². The number of alkyl carbamates (subject to hydrolysis) is 1. The molecule has 1 atom stereocenters. The number of carbonyl (C=O) groups is 2. The fourth-order valence-electron chi connectivity index (χ4n) is 2.14. The first-order valence-corrected chi connectivity index (χ1v) is 10.8. The van der Waals surface area contributed by atoms with E-state index >= 15 is 0 Å². The molecular formula is C17H31NO4Si. The molecular weight excluding hydrogens is 310 g/mol. The maximum Gasteiger partial charge on any atom is 0.408 e. The number of hydrogen-bond acceptors (Lipinski definition) is 4. The molecule has 0 spiro atoms. The van der Waals surface area contributed by atoms with Crippen LogP contribution in [0.5, 0.6) is 0 Å². The zero-order chi connectivity index (χ0) is 18.1. The summed E-state index contributed by atoms with van der Waals surface area (Å²) < 4.78 is 9.92. The van der Waals surface area contributed by atoms with Crippen molar-refractivity contribution in [1.29, 1.82) is 0 Å². The van der Waals surface area contributed by atoms with Crippen molar-refractivity contribution >= 4 is 20.1 Å². The number of carbonyl (C=O) groups excluding carboxylic acids is 2. The Morgan fingerprint density at radius 1 is 1.13 bits per heavy atom. The topological polar surface area (TPSA) is 64.6 Å². The van der Waals surface area contributed by atoms with E-state index in [0.717, 1.165) is 18.1 Å². The molecule has 5 nitrogen and oxygen atoms in total. The zero-order valence-corrected chi connectivity index (χ0v) is 16.5. The van der Waals surface area contributed by atoms with Crippen molar-refractivity contribution in [1.82, 2.24) is 5.32 Å². The third-order valence-corrected chi connectivity index (χ3v) is 8.63. The van der Waals surface area contributed by atoms with Crippen LogP contribution in [0, 0.1) is 11.5 Å². The van der Waals surface area contributed by atoms with Crippen molar-refractivity contribution in [3.8, 4) is 11.5 Å². The van der Waals surface area contributed by atoms with Gasteiger partial charge in [0.1, 0.15) is 19.7 Å². The molecule has 0 aromatic carbocycles. The lowest BCUT2D eigenvalue weighted by Crippen LogP contribution is -2.43. The van der Waals surface area contributed by atoms with Crippen LogP contribution in [0.4, 0.5) is 4.79 Å². The number of hydrogen-bond donors (Lipinski definition) is 1. The van der Waals surface area contributed by atoms with E-state index in [1.165, 1.54) is 7.11 Å². The monoisotopic (exact) mass is 341 g/mol. The summed E-state index contributed by atoms with van der Waals surface area (Å²) in [5.74, 6) is 2.59. The molecule has 1 amide bonds. The molecule has 132 valence electrons. The Morgan fingerprint density at radius 3 is 2.04 bits per heavy atom. The first-order valence-electron chi connectivity index (χ1n) is 8.20. The molecule has 0 radical (unpaired) electrons. The molecule has 0 rings (SSSR count). The van der Waals surface area contributed by atoms with Crippen LogP contribution in [-0.4, -0.2) is 38.9 Å². The van der Waals surface area contributed by atoms with Gasteiger partial charge in [-0.05, 0) is 38.9 Å². The first-order chi connectivity index (χ1) is 10.6. The minimum absolute atomic E-state index is 0.237. The van der Waals surface area contributed by atoms with Gasteiger partial charge in [-0.2, -0.15) is 0 Å². The van der Waals surface area contributed by atoms with Crippen molar-refractivity contribution in [2.75, 3.05) is 7.11 Å². The quantitative estimate of drug-likeness (QED) is 0.456. The van der Waals surface area contributed by atoms with E-state index in [9.17, 15) is 9.59 Å². The van der Waals surface area contributed by atoms with E-state index in [1.54, 1.807) is 20.8 Å². The smallest absolute Gasteiger partial charge is 0.408 e. The Balaban J connectivity index is 4.97. The number of esters is 1. The van der Waals surface area contributed by atoms with Gasteiger partial charge in [0.05, 0.1) is 7.11 Å². The molecule has 6 heteroatoms. The summed E-state index contributed by atoms with van der Waals surface area (Å²) in [7, 11) is -0.270. The van der Waals surface area contributed by atoms with Crippen LogP contribution in [-0.2, 0) is 14.3 Å². The van der Waals surface area contributed by atoms with Crippen LogP contribution in [0.1, 0.15) is 48.0 Å². The molecule has 0 bridgehead atoms. The van der Waals surface area contributed by atoms with Crippen LogP contribution in [0.25, 0.3) is 0 Å². The third kappa shape index (κ3) is 8.07. The number of ether oxygens (including phenoxy) is 2. The molecule has 0 unspecified atom stereocenters. The van der Waals surface area contributed by atoms with Crippen LogP contribution >= 0.6 is 0 Å². The maximum absolute atomic E-state index is 11.8. The van der Waals surface area contributed by atoms with Gasteiger partial charge in [-0.3, -0.25) is 0 Å². The Labute approximate surface area is 141 Å². The molecule has 1 N–H and O–H groups in total. The lowest BCUT2D eigenvalue weighted by Gasteiger charge is -2.22. The number of rotatable bonds is 6. The Hall–Kier alpha value is -1.48. The summed E-state index contributed by atoms with van der Waals surface area (Å²) in [4.78, 5) is 23.7. The van der Waals surface area contributed by atoms with Crippen LogP contribution in [0.3, 0.4) is 0 Å². The number of methoxy groups -OCH3 is 1. The van der Waals surface area contributed by atoms with Crippen molar-refractivity contribution in [2.45, 2.75) is 77.7 Å². The predicted octanol–water partition coefficient (Wildman–Crippen LogP) is 3.49. The molecule has 0 aliphatic rings. The number of nitrogens with one attached hydrogen (secondary N) is 1. The molecule has 0 saturated carbocycles. The van der Waals surface area contributed by atoms with Crippen LogP contribution in [0.15, 0.2) is 0 Å². The first kappa shape index (κ1) is 21.5. The van der Waals surface area contributed by atoms with E-state index < -0.39 is 31.8 Å². The molecule has 0 aromatic rings. The van der Waals surface area contributed by atoms with Crippen LogP contribution in [0.2, 0.25) is 18.1 Å². The molecule has 0 aromatic heterocycles. The minimum Gasteiger partial charge on any atom is -0.467 e. The SMILES string of the molecule is CC[Si](C#CC[C@H](NC(=O)OC(C)(C)C)C(=O)OC)(CC)CC. The van der Waals surface area contributed by atoms with Gasteiger partial charge < -0.3 is 14.8 Å². The predicted molar refractivity (Wildman–Crippen MR) is 94.8 cm³/mol. The van der Waals surface area contributed by atoms with Gasteiger partial charge in [0, 0.05) is 6.42 Å². The zero-order valence-electron chi connectivity index (χ0n) is 15.5. The lowest BCUT2D eigenvalue weighted by molar-refractivity contribution is -0.143. The van der Waals surface area contributed by atoms with Gasteiger partial charge in [0.25, 0.3) is 0 Å². The maximum atomic E-state index is 11.8. The highest BCUT2D eigenvalue weighted by Crippen LogP contribution is 2.18. The van der Waals surface area contributed by atoms with Crippen molar-refractivity contribution in [3.63, 3.8) is 0 Å². The van der Waals surface area contributed by atoms with E-state index in [2.05, 4.69) is 37.6 Å². The summed E-state index contributed by atoms with van der Waals surface area (Å²) in [6, 6.07) is 2.47. The van der Waals surface area contributed by atoms with E-state index in [-0.39, 0.29) is 6.42 Å². The lowest BCUT2D eigenvalue weighted by atomic mass is 10.2. The summed E-state index contributed by atoms with van der Waals surface area (Å²) in [6.07, 6.45) is -0.402. The highest BCUT2D eigenvalue weighted by atomic mass is 28.3. The van der Waals surface area contributed by atoms with E-state index in [4.69, 9.17) is 9.47 Å². The summed E-state index contributed by atoms with van der Waals surface area (Å²) in [5, 5.41) is 2.54. The van der Waals surface area contributed by atoms with Gasteiger partial charge in [0.15, 0.2) is 0 Å². The highest BCUT2D eigenvalue weighted by molar-refractivity contribution is 6.87. The Kier molecular flexibility index (Phi) is 8.99. The fraction of sp³-hybridized carbons (Fsp3) is 0.765. The second-order valence-electron chi connectivity index (χ2n) is 6.57. The summed E-state index contributed by atoms with van der Waals surface area (Å²) in [6.45, 7) is 11.8. The summed E-state index contributed by atoms with van der Waals surface area (Å²) >= 11 is 0. The minimum atomic E-state index is -1.56. The molecule has 0 heterocycles. The molecule has 0 aliphatic carbocycles. The van der Waals surface area contributed by atoms with Crippen LogP contribution < -0.4 is 5.32 Å².